The van der Waals surface area contributed by atoms with Crippen LogP contribution in [0.25, 0.3) is 0 Å². The Hall–Kier alpha value is -2.86. The number of carbonyl (C=O) groups excluding carboxylic acids is 3. The van der Waals surface area contributed by atoms with Crippen molar-refractivity contribution in [3.63, 3.8) is 0 Å². The Kier molecular flexibility index (Phi) is 6.54. The number of benzene rings is 2. The molecule has 6 nitrogen and oxygen atoms in total. The van der Waals surface area contributed by atoms with Gasteiger partial charge in [-0.05, 0) is 43.2 Å². The highest BCUT2D eigenvalue weighted by molar-refractivity contribution is 6.31. The van der Waals surface area contributed by atoms with Crippen LogP contribution in [0.3, 0.4) is 0 Å². The van der Waals surface area contributed by atoms with Crippen LogP contribution in [0.15, 0.2) is 42.5 Å². The quantitative estimate of drug-likeness (QED) is 0.700. The van der Waals surface area contributed by atoms with Crippen molar-refractivity contribution in [2.24, 2.45) is 0 Å². The molecule has 2 amide bonds. The van der Waals surface area contributed by atoms with Crippen molar-refractivity contribution < 1.29 is 19.1 Å². The number of ketones is 1. The van der Waals surface area contributed by atoms with Crippen LogP contribution >= 0.6 is 11.6 Å². The van der Waals surface area contributed by atoms with Crippen molar-refractivity contribution in [1.82, 2.24) is 5.32 Å². The summed E-state index contributed by atoms with van der Waals surface area (Å²) in [5.41, 5.74) is 1.72. The second-order valence-electron chi connectivity index (χ2n) is 6.91. The molecule has 1 heterocycles. The summed E-state index contributed by atoms with van der Waals surface area (Å²) < 4.78 is 5.64. The molecule has 0 aromatic heterocycles. The standard InChI is InChI=1S/C22H23ClN2O4/c1-3-6-19(26)15-9-10-20-18(11-15)25(22(28)14(2)29-20)13-21(27)24-12-16-7-4-5-8-17(16)23/h4-5,7-11,14H,3,6,12-13H2,1-2H3,(H,24,27). The molecule has 1 N–H and O–H groups in total. The van der Waals surface area contributed by atoms with Gasteiger partial charge in [0.1, 0.15) is 12.3 Å². The Morgan fingerprint density at radius 2 is 1.97 bits per heavy atom. The number of hydrogen-bond donors (Lipinski definition) is 1. The number of rotatable bonds is 7. The van der Waals surface area contributed by atoms with E-state index in [1.165, 1.54) is 4.90 Å². The molecule has 1 aliphatic heterocycles. The van der Waals surface area contributed by atoms with Gasteiger partial charge < -0.3 is 10.1 Å². The van der Waals surface area contributed by atoms with Crippen molar-refractivity contribution in [3.05, 3.63) is 58.6 Å². The largest absolute Gasteiger partial charge is 0.479 e. The van der Waals surface area contributed by atoms with E-state index in [0.717, 1.165) is 12.0 Å². The number of carbonyl (C=O) groups is 3. The highest BCUT2D eigenvalue weighted by Gasteiger charge is 2.33. The molecule has 2 aromatic rings. The van der Waals surface area contributed by atoms with Gasteiger partial charge in [-0.1, -0.05) is 36.7 Å². The smallest absolute Gasteiger partial charge is 0.268 e. The fraction of sp³-hybridized carbons (Fsp3) is 0.318. The fourth-order valence-electron chi connectivity index (χ4n) is 3.15. The second-order valence-corrected chi connectivity index (χ2v) is 7.32. The molecule has 0 bridgehead atoms. The minimum Gasteiger partial charge on any atom is -0.479 e. The molecule has 29 heavy (non-hydrogen) atoms. The van der Waals surface area contributed by atoms with Crippen LogP contribution in [0.1, 0.15) is 42.6 Å². The molecule has 152 valence electrons. The first-order chi connectivity index (χ1) is 13.9. The SMILES string of the molecule is CCCC(=O)c1ccc2c(c1)N(CC(=O)NCc1ccccc1Cl)C(=O)C(C)O2. The van der Waals surface area contributed by atoms with Gasteiger partial charge in [0, 0.05) is 23.6 Å². The van der Waals surface area contributed by atoms with E-state index >= 15 is 0 Å². The first-order valence-corrected chi connectivity index (χ1v) is 9.94. The van der Waals surface area contributed by atoms with Gasteiger partial charge in [0.15, 0.2) is 11.9 Å². The predicted octanol–water partition coefficient (Wildman–Crippen LogP) is 3.75. The summed E-state index contributed by atoms with van der Waals surface area (Å²) in [6, 6.07) is 12.2. The van der Waals surface area contributed by atoms with E-state index in [9.17, 15) is 14.4 Å². The van der Waals surface area contributed by atoms with Crippen molar-refractivity contribution in [1.29, 1.82) is 0 Å². The molecule has 7 heteroatoms. The molecular weight excluding hydrogens is 392 g/mol. The average Bonchev–Trinajstić information content (AvgIpc) is 2.70. The van der Waals surface area contributed by atoms with E-state index in [1.807, 2.05) is 25.1 Å². The maximum absolute atomic E-state index is 12.7. The van der Waals surface area contributed by atoms with Gasteiger partial charge in [0.25, 0.3) is 5.91 Å². The van der Waals surface area contributed by atoms with E-state index in [2.05, 4.69) is 5.32 Å². The van der Waals surface area contributed by atoms with Gasteiger partial charge in [0.2, 0.25) is 5.91 Å². The molecule has 0 radical (unpaired) electrons. The van der Waals surface area contributed by atoms with Crippen molar-refractivity contribution in [2.75, 3.05) is 11.4 Å². The number of fused-ring (bicyclic) bond motifs is 1. The monoisotopic (exact) mass is 414 g/mol. The zero-order chi connectivity index (χ0) is 21.0. The summed E-state index contributed by atoms with van der Waals surface area (Å²) in [7, 11) is 0. The first-order valence-electron chi connectivity index (χ1n) is 9.56. The van der Waals surface area contributed by atoms with Crippen LogP contribution in [-0.4, -0.2) is 30.2 Å². The molecule has 0 saturated carbocycles. The molecule has 1 atom stereocenters. The van der Waals surface area contributed by atoms with Crippen LogP contribution in [0, 0.1) is 0 Å². The Labute approximate surface area is 174 Å². The third-order valence-electron chi connectivity index (χ3n) is 4.70. The van der Waals surface area contributed by atoms with E-state index in [0.29, 0.717) is 28.4 Å². The zero-order valence-electron chi connectivity index (χ0n) is 16.4. The third kappa shape index (κ3) is 4.77. The van der Waals surface area contributed by atoms with Gasteiger partial charge in [0.05, 0.1) is 5.69 Å². The number of ether oxygens (including phenoxy) is 1. The molecule has 0 saturated heterocycles. The Morgan fingerprint density at radius 3 is 2.69 bits per heavy atom. The maximum Gasteiger partial charge on any atom is 0.268 e. The van der Waals surface area contributed by atoms with E-state index in [-0.39, 0.29) is 30.7 Å². The van der Waals surface area contributed by atoms with Crippen LogP contribution in [0.4, 0.5) is 5.69 Å². The van der Waals surface area contributed by atoms with Crippen LogP contribution in [0.5, 0.6) is 5.75 Å². The minimum atomic E-state index is -0.712. The fourth-order valence-corrected chi connectivity index (χ4v) is 3.35. The molecule has 3 rings (SSSR count). The summed E-state index contributed by atoms with van der Waals surface area (Å²) in [5, 5.41) is 3.35. The van der Waals surface area contributed by atoms with Crippen molar-refractivity contribution in [3.8, 4) is 5.75 Å². The highest BCUT2D eigenvalue weighted by atomic mass is 35.5. The Bertz CT molecular complexity index is 944. The number of halogens is 1. The van der Waals surface area contributed by atoms with Crippen LogP contribution in [-0.2, 0) is 16.1 Å². The topological polar surface area (TPSA) is 75.7 Å². The lowest BCUT2D eigenvalue weighted by atomic mass is 10.0. The molecule has 0 fully saturated rings. The molecule has 1 unspecified atom stereocenters. The maximum atomic E-state index is 12.7. The summed E-state index contributed by atoms with van der Waals surface area (Å²) in [6.07, 6.45) is 0.440. The molecule has 0 aliphatic carbocycles. The Morgan fingerprint density at radius 1 is 1.21 bits per heavy atom. The summed E-state index contributed by atoms with van der Waals surface area (Å²) >= 11 is 6.12. The Balaban J connectivity index is 1.78. The number of nitrogens with one attached hydrogen (secondary N) is 1. The summed E-state index contributed by atoms with van der Waals surface area (Å²) in [5.74, 6) is -0.192. The lowest BCUT2D eigenvalue weighted by Gasteiger charge is -2.32. The minimum absolute atomic E-state index is 0.00973. The number of amides is 2. The second kappa shape index (κ2) is 9.09. The van der Waals surface area contributed by atoms with E-state index in [1.54, 1.807) is 31.2 Å². The van der Waals surface area contributed by atoms with Gasteiger partial charge >= 0.3 is 0 Å². The number of anilines is 1. The third-order valence-corrected chi connectivity index (χ3v) is 5.07. The van der Waals surface area contributed by atoms with E-state index < -0.39 is 6.10 Å². The number of nitrogens with zero attached hydrogens (tertiary/aromatic N) is 1. The van der Waals surface area contributed by atoms with Gasteiger partial charge in [-0.15, -0.1) is 0 Å². The number of hydrogen-bond acceptors (Lipinski definition) is 4. The summed E-state index contributed by atoms with van der Waals surface area (Å²) in [4.78, 5) is 38.8. The first kappa shape index (κ1) is 20.9. The van der Waals surface area contributed by atoms with Gasteiger partial charge in [-0.3, -0.25) is 19.3 Å². The van der Waals surface area contributed by atoms with Crippen LogP contribution < -0.4 is 15.0 Å². The van der Waals surface area contributed by atoms with Crippen LogP contribution in [0.2, 0.25) is 5.02 Å². The average molecular weight is 415 g/mol. The molecule has 2 aromatic carbocycles. The normalized spacial score (nSPS) is 15.5. The number of Topliss-reactive ketones (excluding diaryl/α,β-unsaturated/α-hetero) is 1. The zero-order valence-corrected chi connectivity index (χ0v) is 17.2. The predicted molar refractivity (Wildman–Crippen MR) is 111 cm³/mol. The van der Waals surface area contributed by atoms with Crippen molar-refractivity contribution in [2.45, 2.75) is 39.3 Å². The molecular formula is C22H23ClN2O4. The van der Waals surface area contributed by atoms with Crippen molar-refractivity contribution >= 4 is 34.9 Å². The van der Waals surface area contributed by atoms with Gasteiger partial charge in [-0.2, -0.15) is 0 Å². The molecule has 0 spiro atoms. The van der Waals surface area contributed by atoms with Gasteiger partial charge in [-0.25, -0.2) is 0 Å². The lowest BCUT2D eigenvalue weighted by molar-refractivity contribution is -0.128. The molecule has 1 aliphatic rings. The summed E-state index contributed by atoms with van der Waals surface area (Å²) in [6.45, 7) is 3.65. The highest BCUT2D eigenvalue weighted by Crippen LogP contribution is 2.35. The van der Waals surface area contributed by atoms with E-state index in [4.69, 9.17) is 16.3 Å². The lowest BCUT2D eigenvalue weighted by Crippen LogP contribution is -2.48.